The Morgan fingerprint density at radius 3 is 2.16 bits per heavy atom. The quantitative estimate of drug-likeness (QED) is 0.900. The molecule has 2 N–H and O–H groups in total. The number of rotatable bonds is 3. The number of alkyl halides is 3. The van der Waals surface area contributed by atoms with Crippen molar-refractivity contribution in [2.24, 2.45) is 0 Å². The van der Waals surface area contributed by atoms with Crippen LogP contribution in [0.15, 0.2) is 6.07 Å². The van der Waals surface area contributed by atoms with E-state index in [1.165, 1.54) is 11.4 Å². The van der Waals surface area contributed by atoms with Crippen molar-refractivity contribution >= 4 is 23.2 Å². The molecule has 1 aromatic heterocycles. The maximum atomic E-state index is 12.7. The van der Waals surface area contributed by atoms with Gasteiger partial charge in [0.1, 0.15) is 0 Å². The van der Waals surface area contributed by atoms with Crippen molar-refractivity contribution in [2.75, 3.05) is 0 Å². The van der Waals surface area contributed by atoms with E-state index in [0.29, 0.717) is 6.92 Å². The lowest BCUT2D eigenvalue weighted by molar-refractivity contribution is -0.203. The number of aliphatic carboxylic acids is 1. The van der Waals surface area contributed by atoms with E-state index in [1.54, 1.807) is 13.8 Å². The van der Waals surface area contributed by atoms with Gasteiger partial charge in [0.25, 0.3) is 5.91 Å². The molecule has 0 saturated carbocycles. The fraction of sp³-hybridized carbons (Fsp3) is 0.455. The van der Waals surface area contributed by atoms with Gasteiger partial charge in [-0.15, -0.1) is 11.3 Å². The average molecular weight is 295 g/mol. The summed E-state index contributed by atoms with van der Waals surface area (Å²) >= 11 is 1.01. The van der Waals surface area contributed by atoms with Crippen LogP contribution in [0.4, 0.5) is 13.2 Å². The molecule has 19 heavy (non-hydrogen) atoms. The summed E-state index contributed by atoms with van der Waals surface area (Å²) in [5, 5.41) is 10.2. The van der Waals surface area contributed by atoms with Gasteiger partial charge >= 0.3 is 12.1 Å². The summed E-state index contributed by atoms with van der Waals surface area (Å²) in [6, 6.07) is 1.42. The lowest BCUT2D eigenvalue weighted by atomic mass is 10.0. The molecule has 8 heteroatoms. The Labute approximate surface area is 111 Å². The van der Waals surface area contributed by atoms with Gasteiger partial charge in [0, 0.05) is 4.88 Å². The van der Waals surface area contributed by atoms with Crippen molar-refractivity contribution in [2.45, 2.75) is 32.5 Å². The molecule has 0 aliphatic heterocycles. The van der Waals surface area contributed by atoms with Gasteiger partial charge in [-0.3, -0.25) is 4.79 Å². The highest BCUT2D eigenvalue weighted by molar-refractivity contribution is 7.14. The maximum Gasteiger partial charge on any atom is 0.422 e. The first-order valence-electron chi connectivity index (χ1n) is 5.18. The fourth-order valence-electron chi connectivity index (χ4n) is 1.22. The van der Waals surface area contributed by atoms with Gasteiger partial charge in [-0.25, -0.2) is 4.79 Å². The fourth-order valence-corrected chi connectivity index (χ4v) is 2.15. The Morgan fingerprint density at radius 2 is 1.84 bits per heavy atom. The zero-order chi connectivity index (χ0) is 15.0. The first-order valence-corrected chi connectivity index (χ1v) is 6.00. The van der Waals surface area contributed by atoms with Crippen LogP contribution in [0, 0.1) is 13.8 Å². The second kappa shape index (κ2) is 4.84. The van der Waals surface area contributed by atoms with Crippen LogP contribution in [0.5, 0.6) is 0 Å². The van der Waals surface area contributed by atoms with Gasteiger partial charge < -0.3 is 10.4 Å². The Balaban J connectivity index is 3.05. The molecule has 0 saturated heterocycles. The van der Waals surface area contributed by atoms with E-state index in [1.807, 2.05) is 0 Å². The maximum absolute atomic E-state index is 12.7. The number of amides is 1. The van der Waals surface area contributed by atoms with Crippen molar-refractivity contribution in [3.63, 3.8) is 0 Å². The molecular formula is C11H12F3NO3S. The minimum absolute atomic E-state index is 0.0479. The van der Waals surface area contributed by atoms with E-state index in [0.717, 1.165) is 21.8 Å². The highest BCUT2D eigenvalue weighted by Crippen LogP contribution is 2.31. The second-order valence-corrected chi connectivity index (χ2v) is 5.49. The molecule has 1 rings (SSSR count). The van der Waals surface area contributed by atoms with Gasteiger partial charge in [-0.1, -0.05) is 0 Å². The van der Waals surface area contributed by atoms with Gasteiger partial charge in [0.05, 0.1) is 4.88 Å². The van der Waals surface area contributed by atoms with Gasteiger partial charge in [0.2, 0.25) is 5.54 Å². The van der Waals surface area contributed by atoms with E-state index < -0.39 is 23.6 Å². The normalized spacial score (nSPS) is 14.8. The third kappa shape index (κ3) is 2.89. The number of carbonyl (C=O) groups excluding carboxylic acids is 1. The van der Waals surface area contributed by atoms with E-state index in [2.05, 4.69) is 0 Å². The Morgan fingerprint density at radius 1 is 1.32 bits per heavy atom. The molecule has 1 atom stereocenters. The SMILES string of the molecule is Cc1cc(C(=O)NC(C)(C(=O)O)C(F)(F)F)sc1C. The van der Waals surface area contributed by atoms with E-state index in [9.17, 15) is 22.8 Å². The zero-order valence-electron chi connectivity index (χ0n) is 10.4. The molecule has 0 radical (unpaired) electrons. The third-order valence-electron chi connectivity index (χ3n) is 2.75. The van der Waals surface area contributed by atoms with Crippen LogP contribution >= 0.6 is 11.3 Å². The van der Waals surface area contributed by atoms with Crippen LogP contribution < -0.4 is 5.32 Å². The minimum atomic E-state index is -5.09. The Bertz CT molecular complexity index is 504. The number of carbonyl (C=O) groups is 2. The summed E-state index contributed by atoms with van der Waals surface area (Å²) in [5.41, 5.74) is -2.55. The largest absolute Gasteiger partial charge is 0.479 e. The smallest absolute Gasteiger partial charge is 0.422 e. The molecule has 1 aromatic rings. The minimum Gasteiger partial charge on any atom is -0.479 e. The van der Waals surface area contributed by atoms with Crippen LogP contribution in [0.25, 0.3) is 0 Å². The highest BCUT2D eigenvalue weighted by atomic mass is 32.1. The molecule has 106 valence electrons. The standard InChI is InChI=1S/C11H12F3NO3S/c1-5-4-7(19-6(5)2)8(16)15-10(3,9(17)18)11(12,13)14/h4H,1-3H3,(H,15,16)(H,17,18). The van der Waals surface area contributed by atoms with Crippen molar-refractivity contribution < 1.29 is 27.9 Å². The van der Waals surface area contributed by atoms with Crippen molar-refractivity contribution in [1.82, 2.24) is 5.32 Å². The monoisotopic (exact) mass is 295 g/mol. The number of carboxylic acids is 1. The average Bonchev–Trinajstić information content (AvgIpc) is 2.57. The predicted molar refractivity (Wildman–Crippen MR) is 63.4 cm³/mol. The van der Waals surface area contributed by atoms with Gasteiger partial charge in [-0.2, -0.15) is 13.2 Å². The number of thiophene rings is 1. The number of hydrogen-bond donors (Lipinski definition) is 2. The summed E-state index contributed by atoms with van der Waals surface area (Å²) in [7, 11) is 0. The molecule has 0 fully saturated rings. The summed E-state index contributed by atoms with van der Waals surface area (Å²) in [5.74, 6) is -3.21. The van der Waals surface area contributed by atoms with Crippen LogP contribution in [0.2, 0.25) is 0 Å². The van der Waals surface area contributed by atoms with Crippen molar-refractivity contribution in [1.29, 1.82) is 0 Å². The summed E-state index contributed by atoms with van der Waals surface area (Å²) in [6.07, 6.45) is -5.09. The van der Waals surface area contributed by atoms with Gasteiger partial charge in [-0.05, 0) is 32.4 Å². The molecule has 0 bridgehead atoms. The molecule has 1 unspecified atom stereocenters. The van der Waals surface area contributed by atoms with Crippen LogP contribution in [-0.4, -0.2) is 28.7 Å². The van der Waals surface area contributed by atoms with E-state index in [-0.39, 0.29) is 4.88 Å². The number of carboxylic acid groups (broad SMARTS) is 1. The molecule has 1 heterocycles. The lowest BCUT2D eigenvalue weighted by Crippen LogP contribution is -2.61. The highest BCUT2D eigenvalue weighted by Gasteiger charge is 2.58. The topological polar surface area (TPSA) is 66.4 Å². The molecule has 0 aliphatic carbocycles. The summed E-state index contributed by atoms with van der Waals surface area (Å²) < 4.78 is 38.2. The number of halogens is 3. The summed E-state index contributed by atoms with van der Waals surface area (Å²) in [4.78, 5) is 23.3. The Hall–Kier alpha value is -1.57. The third-order valence-corrected chi connectivity index (χ3v) is 3.90. The molecule has 0 aliphatic rings. The van der Waals surface area contributed by atoms with Crippen molar-refractivity contribution in [3.05, 3.63) is 21.4 Å². The van der Waals surface area contributed by atoms with Crippen LogP contribution in [-0.2, 0) is 4.79 Å². The molecule has 0 aromatic carbocycles. The second-order valence-electron chi connectivity index (χ2n) is 4.23. The first kappa shape index (κ1) is 15.5. The Kier molecular flexibility index (Phi) is 3.94. The zero-order valence-corrected chi connectivity index (χ0v) is 11.2. The van der Waals surface area contributed by atoms with E-state index in [4.69, 9.17) is 5.11 Å². The lowest BCUT2D eigenvalue weighted by Gasteiger charge is -2.28. The molecular weight excluding hydrogens is 283 g/mol. The number of hydrogen-bond acceptors (Lipinski definition) is 3. The predicted octanol–water partition coefficient (Wildman–Crippen LogP) is 2.50. The van der Waals surface area contributed by atoms with Crippen molar-refractivity contribution in [3.8, 4) is 0 Å². The molecule has 0 spiro atoms. The van der Waals surface area contributed by atoms with Crippen LogP contribution in [0.1, 0.15) is 27.0 Å². The van der Waals surface area contributed by atoms with Gasteiger partial charge in [0.15, 0.2) is 0 Å². The van der Waals surface area contributed by atoms with E-state index >= 15 is 0 Å². The number of aryl methyl sites for hydroxylation is 2. The van der Waals surface area contributed by atoms with Crippen LogP contribution in [0.3, 0.4) is 0 Å². The molecule has 1 amide bonds. The first-order chi connectivity index (χ1) is 8.49. The number of nitrogens with one attached hydrogen (secondary N) is 1. The summed E-state index contributed by atoms with van der Waals surface area (Å²) in [6.45, 7) is 3.85. The molecule has 4 nitrogen and oxygen atoms in total.